The highest BCUT2D eigenvalue weighted by molar-refractivity contribution is 5.10. The van der Waals surface area contributed by atoms with E-state index < -0.39 is 0 Å². The van der Waals surface area contributed by atoms with E-state index in [-0.39, 0.29) is 7.43 Å². The fourth-order valence-corrected chi connectivity index (χ4v) is 0.999. The van der Waals surface area contributed by atoms with Gasteiger partial charge in [0.2, 0.25) is 0 Å². The molecular weight excluding hydrogens is 210 g/mol. The van der Waals surface area contributed by atoms with Crippen LogP contribution in [0.4, 0.5) is 0 Å². The second-order valence-corrected chi connectivity index (χ2v) is 3.78. The van der Waals surface area contributed by atoms with Gasteiger partial charge in [0.05, 0.1) is 0 Å². The fraction of sp³-hybridized carbons (Fsp3) is 0.357. The van der Waals surface area contributed by atoms with Crippen LogP contribution in [0.3, 0.4) is 0 Å². The van der Waals surface area contributed by atoms with Crippen molar-refractivity contribution in [3.8, 4) is 0 Å². The van der Waals surface area contributed by atoms with Gasteiger partial charge in [0.25, 0.3) is 0 Å². The first-order valence-electron chi connectivity index (χ1n) is 5.22. The van der Waals surface area contributed by atoms with E-state index in [1.807, 2.05) is 52.4 Å². The van der Waals surface area contributed by atoms with Crippen LogP contribution in [0.5, 0.6) is 0 Å². The lowest BCUT2D eigenvalue weighted by Crippen LogP contribution is -1.84. The van der Waals surface area contributed by atoms with E-state index >= 15 is 0 Å². The number of hydrogen-bond donors (Lipinski definition) is 0. The second-order valence-electron chi connectivity index (χ2n) is 3.78. The zero-order valence-corrected chi connectivity index (χ0v) is 10.2. The van der Waals surface area contributed by atoms with Crippen molar-refractivity contribution in [2.75, 3.05) is 0 Å². The molecule has 0 aliphatic rings. The molecule has 0 radical (unpaired) electrons. The highest BCUT2D eigenvalue weighted by Crippen LogP contribution is 1.94. The highest BCUT2D eigenvalue weighted by atomic mass is 14.8. The Hall–Kier alpha value is -1.77. The quantitative estimate of drug-likeness (QED) is 0.697. The smallest absolute Gasteiger partial charge is 0.125 e. The Morgan fingerprint density at radius 3 is 1.59 bits per heavy atom. The Morgan fingerprint density at radius 1 is 0.706 bits per heavy atom. The molecule has 0 aliphatic carbocycles. The number of pyridine rings is 1. The zero-order valence-electron chi connectivity index (χ0n) is 10.2. The molecule has 0 fully saturated rings. The molecule has 3 heteroatoms. The minimum absolute atomic E-state index is 0. The topological polar surface area (TPSA) is 38.7 Å². The van der Waals surface area contributed by atoms with Crippen LogP contribution in [0.15, 0.2) is 30.7 Å². The number of nitrogens with zero attached hydrogens (tertiary/aromatic N) is 3. The van der Waals surface area contributed by atoms with Crippen molar-refractivity contribution in [3.05, 3.63) is 53.4 Å². The molecule has 0 aromatic carbocycles. The largest absolute Gasteiger partial charge is 0.261 e. The van der Waals surface area contributed by atoms with Crippen LogP contribution in [0, 0.1) is 27.7 Å². The molecule has 0 atom stereocenters. The summed E-state index contributed by atoms with van der Waals surface area (Å²) in [4.78, 5) is 12.0. The molecule has 2 aromatic rings. The SMILES string of the molecule is C.Cc1ccc(C)nc1.Cc1cnc(C)nc1. The molecule has 0 spiro atoms. The predicted octanol–water partition coefficient (Wildman–Crippen LogP) is 3.43. The number of hydrogen-bond acceptors (Lipinski definition) is 3. The molecule has 0 bridgehead atoms. The van der Waals surface area contributed by atoms with Crippen molar-refractivity contribution in [3.63, 3.8) is 0 Å². The summed E-state index contributed by atoms with van der Waals surface area (Å²) in [5.41, 5.74) is 3.40. The van der Waals surface area contributed by atoms with Crippen LogP contribution < -0.4 is 0 Å². The van der Waals surface area contributed by atoms with Gasteiger partial charge in [-0.3, -0.25) is 4.98 Å². The van der Waals surface area contributed by atoms with E-state index in [2.05, 4.69) is 21.0 Å². The van der Waals surface area contributed by atoms with Gasteiger partial charge in [-0.1, -0.05) is 13.5 Å². The standard InChI is InChI=1S/C7H9N.C6H8N2.CH4/c1-6-3-4-7(2)8-5-6;1-5-3-7-6(2)8-4-5;/h3-5H,1-2H3;3-4H,1-2H3;1H4. The summed E-state index contributed by atoms with van der Waals surface area (Å²) in [6.45, 7) is 7.87. The third-order valence-corrected chi connectivity index (χ3v) is 1.97. The minimum Gasteiger partial charge on any atom is -0.261 e. The van der Waals surface area contributed by atoms with Crippen molar-refractivity contribution in [1.29, 1.82) is 0 Å². The summed E-state index contributed by atoms with van der Waals surface area (Å²) in [6.07, 6.45) is 5.49. The van der Waals surface area contributed by atoms with Gasteiger partial charge in [-0.05, 0) is 44.9 Å². The Bertz CT molecular complexity index is 333. The summed E-state index contributed by atoms with van der Waals surface area (Å²) in [7, 11) is 0. The van der Waals surface area contributed by atoms with Crippen molar-refractivity contribution in [2.45, 2.75) is 35.1 Å². The fourth-order valence-electron chi connectivity index (χ4n) is 0.999. The van der Waals surface area contributed by atoms with Crippen molar-refractivity contribution < 1.29 is 0 Å². The molecule has 2 aromatic heterocycles. The summed E-state index contributed by atoms with van der Waals surface area (Å²) < 4.78 is 0. The van der Waals surface area contributed by atoms with E-state index in [0.717, 1.165) is 17.1 Å². The summed E-state index contributed by atoms with van der Waals surface area (Å²) >= 11 is 0. The van der Waals surface area contributed by atoms with E-state index in [1.165, 1.54) is 5.56 Å². The lowest BCUT2D eigenvalue weighted by atomic mass is 10.3. The molecule has 0 saturated carbocycles. The Labute approximate surface area is 104 Å². The van der Waals surface area contributed by atoms with Crippen LogP contribution >= 0.6 is 0 Å². The van der Waals surface area contributed by atoms with Gasteiger partial charge < -0.3 is 0 Å². The molecule has 2 rings (SSSR count). The Balaban J connectivity index is 0.000000284. The van der Waals surface area contributed by atoms with Gasteiger partial charge >= 0.3 is 0 Å². The van der Waals surface area contributed by atoms with Gasteiger partial charge in [0.1, 0.15) is 5.82 Å². The Morgan fingerprint density at radius 2 is 1.24 bits per heavy atom. The maximum atomic E-state index is 4.08. The zero-order chi connectivity index (χ0) is 12.0. The van der Waals surface area contributed by atoms with Gasteiger partial charge in [-0.2, -0.15) is 0 Å². The molecule has 3 nitrogen and oxygen atoms in total. The van der Waals surface area contributed by atoms with Crippen LogP contribution in [-0.2, 0) is 0 Å². The molecular formula is C14H21N3. The highest BCUT2D eigenvalue weighted by Gasteiger charge is 1.82. The lowest BCUT2D eigenvalue weighted by Gasteiger charge is -1.89. The predicted molar refractivity (Wildman–Crippen MR) is 71.9 cm³/mol. The van der Waals surface area contributed by atoms with Crippen molar-refractivity contribution in [2.24, 2.45) is 0 Å². The first kappa shape index (κ1) is 15.2. The maximum absolute atomic E-state index is 4.08. The van der Waals surface area contributed by atoms with E-state index in [4.69, 9.17) is 0 Å². The molecule has 17 heavy (non-hydrogen) atoms. The second kappa shape index (κ2) is 7.49. The molecule has 2 heterocycles. The normalized spacial score (nSPS) is 8.71. The van der Waals surface area contributed by atoms with Gasteiger partial charge in [0, 0.05) is 24.3 Å². The number of aromatic nitrogens is 3. The molecule has 0 aliphatic heterocycles. The van der Waals surface area contributed by atoms with Crippen molar-refractivity contribution >= 4 is 0 Å². The van der Waals surface area contributed by atoms with Crippen LogP contribution in [0.1, 0.15) is 30.1 Å². The van der Waals surface area contributed by atoms with Crippen LogP contribution in [-0.4, -0.2) is 15.0 Å². The molecule has 0 amide bonds. The maximum Gasteiger partial charge on any atom is 0.125 e. The number of aryl methyl sites for hydroxylation is 4. The molecule has 92 valence electrons. The Kier molecular flexibility index (Phi) is 6.71. The molecule has 0 unspecified atom stereocenters. The molecule has 0 saturated heterocycles. The summed E-state index contributed by atoms with van der Waals surface area (Å²) in [5.74, 6) is 0.829. The molecule has 0 N–H and O–H groups in total. The number of rotatable bonds is 0. The van der Waals surface area contributed by atoms with Gasteiger partial charge in [-0.25, -0.2) is 9.97 Å². The van der Waals surface area contributed by atoms with E-state index in [1.54, 1.807) is 0 Å². The average molecular weight is 231 g/mol. The average Bonchev–Trinajstić information content (AvgIpc) is 2.28. The summed E-state index contributed by atoms with van der Waals surface area (Å²) in [5, 5.41) is 0. The van der Waals surface area contributed by atoms with E-state index in [0.29, 0.717) is 0 Å². The summed E-state index contributed by atoms with van der Waals surface area (Å²) in [6, 6.07) is 4.07. The van der Waals surface area contributed by atoms with E-state index in [9.17, 15) is 0 Å². The van der Waals surface area contributed by atoms with Crippen molar-refractivity contribution in [1.82, 2.24) is 15.0 Å². The lowest BCUT2D eigenvalue weighted by molar-refractivity contribution is 1.03. The van der Waals surface area contributed by atoms with Crippen LogP contribution in [0.25, 0.3) is 0 Å². The minimum atomic E-state index is 0. The van der Waals surface area contributed by atoms with Gasteiger partial charge in [0.15, 0.2) is 0 Å². The third-order valence-electron chi connectivity index (χ3n) is 1.97. The monoisotopic (exact) mass is 231 g/mol. The first-order chi connectivity index (χ1) is 7.58. The van der Waals surface area contributed by atoms with Gasteiger partial charge in [-0.15, -0.1) is 0 Å². The third kappa shape index (κ3) is 6.40. The van der Waals surface area contributed by atoms with Crippen LogP contribution in [0.2, 0.25) is 0 Å². The first-order valence-corrected chi connectivity index (χ1v) is 5.22.